The molecule has 3 nitrogen and oxygen atoms in total. The average Bonchev–Trinajstić information content (AvgIpc) is 3.51. The molecule has 5 aromatic carbocycles. The summed E-state index contributed by atoms with van der Waals surface area (Å²) in [5, 5.41) is 3.62. The molecule has 0 unspecified atom stereocenters. The summed E-state index contributed by atoms with van der Waals surface area (Å²) in [4.78, 5) is 9.19. The molecule has 8 rings (SSSR count). The van der Waals surface area contributed by atoms with Crippen molar-refractivity contribution in [2.24, 2.45) is 0 Å². The first-order chi connectivity index (χ1) is 23.9. The van der Waals surface area contributed by atoms with Gasteiger partial charge in [-0.25, -0.2) is 0 Å². The predicted octanol–water partition coefficient (Wildman–Crippen LogP) is 10.7. The minimum absolute atomic E-state index is 0. The van der Waals surface area contributed by atoms with Crippen LogP contribution in [0.4, 0.5) is 0 Å². The van der Waals surface area contributed by atoms with Gasteiger partial charge in [-0.3, -0.25) is 0 Å². The SMILES string of the molecule is C[Si](C)(C)c1ccc(-c2[c-]cc(Cc3ccccc3)cc2)nc1.[Ir].[c-]1cc2oc3ccccc3c2cc1-c1cc(Cc2ccccc2)ccn1. The van der Waals surface area contributed by atoms with Gasteiger partial charge >= 0.3 is 0 Å². The number of rotatable bonds is 7. The van der Waals surface area contributed by atoms with Crippen molar-refractivity contribution in [2.45, 2.75) is 32.5 Å². The molecule has 3 heterocycles. The molecule has 0 aliphatic carbocycles. The first-order valence-electron chi connectivity index (χ1n) is 16.7. The quantitative estimate of drug-likeness (QED) is 0.119. The number of para-hydroxylation sites is 1. The monoisotopic (exact) mass is 843 g/mol. The molecule has 0 N–H and O–H groups in total. The maximum absolute atomic E-state index is 5.89. The summed E-state index contributed by atoms with van der Waals surface area (Å²) in [5.41, 5.74) is 10.9. The number of pyridine rings is 2. The van der Waals surface area contributed by atoms with E-state index in [1.807, 2.05) is 42.7 Å². The van der Waals surface area contributed by atoms with Crippen LogP contribution < -0.4 is 5.19 Å². The van der Waals surface area contributed by atoms with Gasteiger partial charge in [-0.2, -0.15) is 0 Å². The smallest absolute Gasteiger partial charge is 0.120 e. The molecule has 0 aliphatic rings. The van der Waals surface area contributed by atoms with Gasteiger partial charge in [-0.05, 0) is 52.7 Å². The van der Waals surface area contributed by atoms with Crippen LogP contribution in [-0.2, 0) is 32.9 Å². The number of hydrogen-bond donors (Lipinski definition) is 0. The predicted molar refractivity (Wildman–Crippen MR) is 206 cm³/mol. The Hall–Kier alpha value is -4.93. The first-order valence-corrected chi connectivity index (χ1v) is 20.2. The van der Waals surface area contributed by atoms with Crippen molar-refractivity contribution in [1.82, 2.24) is 9.97 Å². The molecule has 0 bridgehead atoms. The first kappa shape index (κ1) is 34.9. The van der Waals surface area contributed by atoms with Crippen LogP contribution in [0, 0.1) is 12.1 Å². The van der Waals surface area contributed by atoms with Crippen molar-refractivity contribution >= 4 is 35.2 Å². The summed E-state index contributed by atoms with van der Waals surface area (Å²) in [6, 6.07) is 54.8. The molecule has 5 heteroatoms. The number of benzene rings is 5. The minimum Gasteiger partial charge on any atom is -0.500 e. The van der Waals surface area contributed by atoms with Gasteiger partial charge < -0.3 is 14.4 Å². The van der Waals surface area contributed by atoms with Crippen molar-refractivity contribution in [1.29, 1.82) is 0 Å². The second-order valence-corrected chi connectivity index (χ2v) is 18.5. The van der Waals surface area contributed by atoms with Gasteiger partial charge in [0.05, 0.1) is 13.7 Å². The summed E-state index contributed by atoms with van der Waals surface area (Å²) in [6.45, 7) is 7.02. The van der Waals surface area contributed by atoms with Crippen molar-refractivity contribution in [2.75, 3.05) is 0 Å². The molecule has 0 aliphatic heterocycles. The van der Waals surface area contributed by atoms with E-state index in [0.29, 0.717) is 0 Å². The molecule has 3 aromatic heterocycles. The Morgan fingerprint density at radius 3 is 1.88 bits per heavy atom. The van der Waals surface area contributed by atoms with Crippen LogP contribution in [0.25, 0.3) is 44.5 Å². The molecule has 0 saturated heterocycles. The summed E-state index contributed by atoms with van der Waals surface area (Å²) in [6.07, 6.45) is 5.75. The Balaban J connectivity index is 0.000000171. The third kappa shape index (κ3) is 8.43. The van der Waals surface area contributed by atoms with Crippen molar-refractivity contribution in [3.05, 3.63) is 186 Å². The van der Waals surface area contributed by atoms with E-state index in [0.717, 1.165) is 57.3 Å². The van der Waals surface area contributed by atoms with E-state index in [-0.39, 0.29) is 20.1 Å². The Kier molecular flexibility index (Phi) is 11.0. The van der Waals surface area contributed by atoms with Crippen molar-refractivity contribution in [3.63, 3.8) is 0 Å². The molecular formula is C45H38IrN2OSi-2. The van der Waals surface area contributed by atoms with Gasteiger partial charge in [-0.1, -0.05) is 128 Å². The Bertz CT molecular complexity index is 2290. The Morgan fingerprint density at radius 1 is 0.540 bits per heavy atom. The average molecular weight is 843 g/mol. The number of nitrogens with zero attached hydrogens (tertiary/aromatic N) is 2. The Morgan fingerprint density at radius 2 is 1.22 bits per heavy atom. The minimum atomic E-state index is -1.28. The zero-order valence-corrected chi connectivity index (χ0v) is 31.9. The molecule has 8 aromatic rings. The topological polar surface area (TPSA) is 38.9 Å². The van der Waals surface area contributed by atoms with E-state index in [9.17, 15) is 0 Å². The van der Waals surface area contributed by atoms with Crippen LogP contribution in [0.2, 0.25) is 19.6 Å². The van der Waals surface area contributed by atoms with Crippen LogP contribution >= 0.6 is 0 Å². The number of hydrogen-bond acceptors (Lipinski definition) is 3. The second-order valence-electron chi connectivity index (χ2n) is 13.4. The molecule has 0 atom stereocenters. The van der Waals surface area contributed by atoms with Gasteiger partial charge in [0.2, 0.25) is 0 Å². The molecule has 0 amide bonds. The maximum atomic E-state index is 5.89. The molecule has 0 spiro atoms. The fourth-order valence-electron chi connectivity index (χ4n) is 5.94. The van der Waals surface area contributed by atoms with Crippen LogP contribution in [0.1, 0.15) is 22.3 Å². The summed E-state index contributed by atoms with van der Waals surface area (Å²) < 4.78 is 5.89. The molecule has 0 saturated carbocycles. The zero-order valence-electron chi connectivity index (χ0n) is 28.5. The normalized spacial score (nSPS) is 11.1. The molecule has 249 valence electrons. The largest absolute Gasteiger partial charge is 0.500 e. The van der Waals surface area contributed by atoms with E-state index >= 15 is 0 Å². The van der Waals surface area contributed by atoms with Gasteiger partial charge in [0, 0.05) is 37.9 Å². The van der Waals surface area contributed by atoms with E-state index < -0.39 is 8.07 Å². The van der Waals surface area contributed by atoms with Crippen LogP contribution in [0.5, 0.6) is 0 Å². The van der Waals surface area contributed by atoms with Crippen LogP contribution in [-0.4, -0.2) is 18.0 Å². The Labute approximate surface area is 309 Å². The van der Waals surface area contributed by atoms with Crippen molar-refractivity contribution < 1.29 is 24.5 Å². The third-order valence-electron chi connectivity index (χ3n) is 8.70. The van der Waals surface area contributed by atoms with E-state index in [2.05, 4.69) is 151 Å². The molecule has 1 radical (unpaired) electrons. The van der Waals surface area contributed by atoms with E-state index in [1.54, 1.807) is 0 Å². The van der Waals surface area contributed by atoms with Crippen LogP contribution in [0.3, 0.4) is 0 Å². The fraction of sp³-hybridized carbons (Fsp3) is 0.111. The van der Waals surface area contributed by atoms with Gasteiger partial charge in [-0.15, -0.1) is 59.2 Å². The van der Waals surface area contributed by atoms with Gasteiger partial charge in [0.25, 0.3) is 0 Å². The van der Waals surface area contributed by atoms with Crippen LogP contribution in [0.15, 0.2) is 156 Å². The maximum Gasteiger partial charge on any atom is 0.120 e. The standard InChI is InChI=1S/C24H16NO.C21H22NSi.Ir/c1-2-6-17(7-3-1)14-18-12-13-25-22(15-18)19-10-11-24-21(16-19)20-8-4-5-9-23(20)26-24;1-23(2,3)20-13-14-21(22-16-20)19-11-9-18(10-12-19)15-17-7-5-4-6-8-17;/h1-9,11-13,15-16H,14H2;4-11,13-14,16H,15H2,1-3H3;/q2*-1;. The number of fused-ring (bicyclic) bond motifs is 3. The zero-order chi connectivity index (χ0) is 33.6. The van der Waals surface area contributed by atoms with Gasteiger partial charge in [0.1, 0.15) is 5.58 Å². The second kappa shape index (κ2) is 15.7. The number of aromatic nitrogens is 2. The van der Waals surface area contributed by atoms with Crippen molar-refractivity contribution in [3.8, 4) is 22.5 Å². The third-order valence-corrected chi connectivity index (χ3v) is 10.7. The summed E-state index contributed by atoms with van der Waals surface area (Å²) >= 11 is 0. The fourth-order valence-corrected chi connectivity index (χ4v) is 6.97. The molecular weight excluding hydrogens is 805 g/mol. The summed E-state index contributed by atoms with van der Waals surface area (Å²) in [7, 11) is -1.28. The molecule has 50 heavy (non-hydrogen) atoms. The van der Waals surface area contributed by atoms with Gasteiger partial charge in [0.15, 0.2) is 0 Å². The van der Waals surface area contributed by atoms with E-state index in [1.165, 1.54) is 27.4 Å². The van der Waals surface area contributed by atoms with E-state index in [4.69, 9.17) is 4.42 Å². The number of furan rings is 1. The molecule has 0 fully saturated rings. The summed E-state index contributed by atoms with van der Waals surface area (Å²) in [5.74, 6) is 0.